The van der Waals surface area contributed by atoms with E-state index in [1.165, 1.54) is 12.8 Å². The van der Waals surface area contributed by atoms with Gasteiger partial charge in [0.25, 0.3) is 0 Å². The largest absolute Gasteiger partial charge is 0.391 e. The average Bonchev–Trinajstić information content (AvgIpc) is 3.13. The molecule has 156 valence electrons. The molecule has 5 rings (SSSR count). The molecule has 4 atom stereocenters. The fourth-order valence-corrected chi connectivity index (χ4v) is 5.15. The topological polar surface area (TPSA) is 89.1 Å². The molecule has 1 aliphatic heterocycles. The van der Waals surface area contributed by atoms with Crippen LogP contribution in [-0.4, -0.2) is 59.7 Å². The molecule has 2 aromatic heterocycles. The van der Waals surface area contributed by atoms with Crippen molar-refractivity contribution in [2.24, 2.45) is 11.8 Å². The standard InChI is InChI=1S/C21H30N6O2/c1-2-20-22-6-8-25(20)7-5-21(29)26-11-15-9-18(19(28)10-16(15)12-26)27-13-17(23-24-27)14-3-4-14/h6,8,13-16,18-19,28H,2-5,7,9-12H2,1H3/t15-,16+,18-,19-/m1/s1. The highest BCUT2D eigenvalue weighted by Crippen LogP contribution is 2.43. The zero-order valence-electron chi connectivity index (χ0n) is 17.0. The van der Waals surface area contributed by atoms with Crippen LogP contribution in [-0.2, 0) is 17.8 Å². The van der Waals surface area contributed by atoms with E-state index in [1.54, 1.807) is 6.20 Å². The number of aromatic nitrogens is 5. The van der Waals surface area contributed by atoms with Crippen molar-refractivity contribution in [3.05, 3.63) is 30.1 Å². The van der Waals surface area contributed by atoms with Crippen LogP contribution in [0, 0.1) is 11.8 Å². The lowest BCUT2D eigenvalue weighted by molar-refractivity contribution is -0.130. The van der Waals surface area contributed by atoms with Gasteiger partial charge in [0.15, 0.2) is 0 Å². The quantitative estimate of drug-likeness (QED) is 0.801. The first-order valence-electron chi connectivity index (χ1n) is 11.0. The first-order chi connectivity index (χ1) is 14.1. The Kier molecular flexibility index (Phi) is 4.89. The molecule has 0 bridgehead atoms. The maximum atomic E-state index is 12.8. The molecule has 3 aliphatic rings. The molecule has 29 heavy (non-hydrogen) atoms. The maximum absolute atomic E-state index is 12.8. The molecule has 8 heteroatoms. The lowest BCUT2D eigenvalue weighted by atomic mass is 9.77. The minimum atomic E-state index is -0.418. The van der Waals surface area contributed by atoms with Gasteiger partial charge in [-0.05, 0) is 37.5 Å². The smallest absolute Gasteiger partial charge is 0.224 e. The van der Waals surface area contributed by atoms with Crippen molar-refractivity contribution < 1.29 is 9.90 Å². The zero-order valence-corrected chi connectivity index (χ0v) is 17.0. The highest BCUT2D eigenvalue weighted by atomic mass is 16.3. The molecule has 1 amide bonds. The summed E-state index contributed by atoms with van der Waals surface area (Å²) in [6.07, 6.45) is 10.7. The highest BCUT2D eigenvalue weighted by Gasteiger charge is 2.44. The molecule has 1 saturated heterocycles. The number of fused-ring (bicyclic) bond motifs is 1. The number of aryl methyl sites for hydroxylation is 2. The predicted molar refractivity (Wildman–Crippen MR) is 106 cm³/mol. The van der Waals surface area contributed by atoms with E-state index in [0.717, 1.165) is 43.9 Å². The summed E-state index contributed by atoms with van der Waals surface area (Å²) < 4.78 is 3.95. The van der Waals surface area contributed by atoms with Gasteiger partial charge in [-0.15, -0.1) is 5.10 Å². The molecule has 2 saturated carbocycles. The molecule has 0 spiro atoms. The van der Waals surface area contributed by atoms with Gasteiger partial charge in [0.05, 0.1) is 17.8 Å². The van der Waals surface area contributed by atoms with Gasteiger partial charge in [-0.1, -0.05) is 12.1 Å². The monoisotopic (exact) mass is 398 g/mol. The van der Waals surface area contributed by atoms with Crippen LogP contribution < -0.4 is 0 Å². The van der Waals surface area contributed by atoms with Crippen LogP contribution in [0.25, 0.3) is 0 Å². The SMILES string of the molecule is CCc1nccn1CCC(=O)N1C[C@H]2C[C@@H](n3cc(C4CC4)nn3)[C@H](O)C[C@H]2C1. The summed E-state index contributed by atoms with van der Waals surface area (Å²) in [5, 5.41) is 19.4. The second kappa shape index (κ2) is 7.55. The zero-order chi connectivity index (χ0) is 20.0. The Balaban J connectivity index is 1.19. The minimum absolute atomic E-state index is 0.0237. The summed E-state index contributed by atoms with van der Waals surface area (Å²) in [4.78, 5) is 19.1. The summed E-state index contributed by atoms with van der Waals surface area (Å²) in [7, 11) is 0. The molecule has 0 unspecified atom stereocenters. The number of aliphatic hydroxyl groups excluding tert-OH is 1. The van der Waals surface area contributed by atoms with Gasteiger partial charge in [-0.25, -0.2) is 9.67 Å². The Hall–Kier alpha value is -2.22. The van der Waals surface area contributed by atoms with Crippen LogP contribution in [0.5, 0.6) is 0 Å². The second-order valence-corrected chi connectivity index (χ2v) is 8.96. The Bertz CT molecular complexity index is 872. The minimum Gasteiger partial charge on any atom is -0.391 e. The first-order valence-corrected chi connectivity index (χ1v) is 11.0. The van der Waals surface area contributed by atoms with Crippen LogP contribution in [0.1, 0.15) is 62.5 Å². The summed E-state index contributed by atoms with van der Waals surface area (Å²) >= 11 is 0. The summed E-state index contributed by atoms with van der Waals surface area (Å²) in [5.74, 6) is 2.62. The third kappa shape index (κ3) is 3.70. The second-order valence-electron chi connectivity index (χ2n) is 8.96. The number of hydrogen-bond acceptors (Lipinski definition) is 5. The van der Waals surface area contributed by atoms with E-state index in [0.29, 0.717) is 30.7 Å². The normalized spacial score (nSPS) is 29.2. The first kappa shape index (κ1) is 18.8. The molecule has 2 aromatic rings. The Morgan fingerprint density at radius 3 is 2.79 bits per heavy atom. The number of carbonyl (C=O) groups is 1. The molecular formula is C21H30N6O2. The van der Waals surface area contributed by atoms with Crippen molar-refractivity contribution in [1.82, 2.24) is 29.4 Å². The Morgan fingerprint density at radius 2 is 2.03 bits per heavy atom. The number of aliphatic hydroxyl groups is 1. The lowest BCUT2D eigenvalue weighted by Crippen LogP contribution is -2.36. The Morgan fingerprint density at radius 1 is 1.24 bits per heavy atom. The van der Waals surface area contributed by atoms with E-state index in [4.69, 9.17) is 0 Å². The van der Waals surface area contributed by atoms with Crippen molar-refractivity contribution in [1.29, 1.82) is 0 Å². The van der Waals surface area contributed by atoms with Crippen LogP contribution in [0.2, 0.25) is 0 Å². The number of amides is 1. The average molecular weight is 399 g/mol. The summed E-state index contributed by atoms with van der Waals surface area (Å²) in [6.45, 7) is 4.32. The van der Waals surface area contributed by atoms with E-state index in [1.807, 2.05) is 22.0 Å². The van der Waals surface area contributed by atoms with Crippen LogP contribution in [0.4, 0.5) is 0 Å². The molecule has 0 radical (unpaired) electrons. The van der Waals surface area contributed by atoms with Crippen molar-refractivity contribution in [3.63, 3.8) is 0 Å². The van der Waals surface area contributed by atoms with E-state index in [9.17, 15) is 9.90 Å². The van der Waals surface area contributed by atoms with Crippen LogP contribution in [0.15, 0.2) is 18.6 Å². The lowest BCUT2D eigenvalue weighted by Gasteiger charge is -2.34. The van der Waals surface area contributed by atoms with Gasteiger partial charge in [-0.2, -0.15) is 0 Å². The number of hydrogen-bond donors (Lipinski definition) is 1. The van der Waals surface area contributed by atoms with E-state index in [2.05, 4.69) is 26.8 Å². The van der Waals surface area contributed by atoms with Gasteiger partial charge in [0.2, 0.25) is 5.91 Å². The molecule has 2 aliphatic carbocycles. The van der Waals surface area contributed by atoms with Crippen molar-refractivity contribution in [2.45, 2.75) is 70.1 Å². The van der Waals surface area contributed by atoms with Gasteiger partial charge < -0.3 is 14.6 Å². The third-order valence-electron chi connectivity index (χ3n) is 7.01. The molecule has 3 heterocycles. The highest BCUT2D eigenvalue weighted by molar-refractivity contribution is 5.76. The van der Waals surface area contributed by atoms with Gasteiger partial charge >= 0.3 is 0 Å². The number of imidazole rings is 1. The molecule has 0 aromatic carbocycles. The van der Waals surface area contributed by atoms with Gasteiger partial charge in [-0.3, -0.25) is 4.79 Å². The number of nitrogens with zero attached hydrogens (tertiary/aromatic N) is 6. The fourth-order valence-electron chi connectivity index (χ4n) is 5.15. The van der Waals surface area contributed by atoms with E-state index >= 15 is 0 Å². The van der Waals surface area contributed by atoms with Crippen molar-refractivity contribution in [3.8, 4) is 0 Å². The molecular weight excluding hydrogens is 368 g/mol. The summed E-state index contributed by atoms with van der Waals surface area (Å²) in [6, 6.07) is -0.0237. The number of carbonyl (C=O) groups excluding carboxylic acids is 1. The van der Waals surface area contributed by atoms with Crippen molar-refractivity contribution >= 4 is 5.91 Å². The molecule has 3 fully saturated rings. The fraction of sp³-hybridized carbons (Fsp3) is 0.714. The van der Waals surface area contributed by atoms with Gasteiger partial charge in [0.1, 0.15) is 5.82 Å². The van der Waals surface area contributed by atoms with Crippen LogP contribution in [0.3, 0.4) is 0 Å². The van der Waals surface area contributed by atoms with E-state index < -0.39 is 6.10 Å². The molecule has 8 nitrogen and oxygen atoms in total. The summed E-state index contributed by atoms with van der Waals surface area (Å²) in [5.41, 5.74) is 1.06. The van der Waals surface area contributed by atoms with Crippen molar-refractivity contribution in [2.75, 3.05) is 13.1 Å². The Labute approximate surface area is 170 Å². The van der Waals surface area contributed by atoms with E-state index in [-0.39, 0.29) is 11.9 Å². The molecule has 1 N–H and O–H groups in total. The maximum Gasteiger partial charge on any atom is 0.224 e. The van der Waals surface area contributed by atoms with Gasteiger partial charge in [0, 0.05) is 57.0 Å². The third-order valence-corrected chi connectivity index (χ3v) is 7.01. The number of likely N-dealkylation sites (tertiary alicyclic amines) is 1. The number of rotatable bonds is 6. The predicted octanol–water partition coefficient (Wildman–Crippen LogP) is 1.78. The van der Waals surface area contributed by atoms with Crippen LogP contribution >= 0.6 is 0 Å².